The number of nitrogens with one attached hydrogen (secondary N) is 1. The van der Waals surface area contributed by atoms with Gasteiger partial charge in [-0.1, -0.05) is 29.8 Å². The molecule has 0 aliphatic heterocycles. The van der Waals surface area contributed by atoms with Crippen LogP contribution in [0.2, 0.25) is 5.02 Å². The number of hydrogen-bond donors (Lipinski definition) is 1. The van der Waals surface area contributed by atoms with Crippen LogP contribution in [-0.4, -0.2) is 23.4 Å². The summed E-state index contributed by atoms with van der Waals surface area (Å²) in [6.45, 7) is 3.38. The normalized spacial score (nSPS) is 19.7. The molecule has 30 heavy (non-hydrogen) atoms. The van der Waals surface area contributed by atoms with Crippen LogP contribution in [0.1, 0.15) is 59.8 Å². The van der Waals surface area contributed by atoms with Gasteiger partial charge in [0.15, 0.2) is 3.68 Å². The Balaban J connectivity index is 1.86. The summed E-state index contributed by atoms with van der Waals surface area (Å²) in [5, 5.41) is 3.25. The Morgan fingerprint density at radius 1 is 1.23 bits per heavy atom. The van der Waals surface area contributed by atoms with Gasteiger partial charge in [-0.3, -0.25) is 9.78 Å². The molecule has 1 heterocycles. The molecule has 2 aromatic rings. The molecular formula is C22H23ClF3IN2O. The number of amides is 1. The molecule has 0 radical (unpaired) electrons. The lowest BCUT2D eigenvalue weighted by Gasteiger charge is -2.40. The Bertz CT molecular complexity index is 919. The fourth-order valence-electron chi connectivity index (χ4n) is 3.80. The second kappa shape index (κ2) is 8.65. The number of aromatic nitrogens is 1. The number of carbonyl (C=O) groups excluding carboxylic acids is 1. The van der Waals surface area contributed by atoms with Crippen LogP contribution in [0.25, 0.3) is 0 Å². The van der Waals surface area contributed by atoms with Crippen molar-refractivity contribution in [3.63, 3.8) is 0 Å². The first-order chi connectivity index (χ1) is 13.9. The number of alkyl halides is 4. The minimum atomic E-state index is -2.72. The van der Waals surface area contributed by atoms with Crippen molar-refractivity contribution in [1.29, 1.82) is 0 Å². The lowest BCUT2D eigenvalue weighted by molar-refractivity contribution is -0.0516. The summed E-state index contributed by atoms with van der Waals surface area (Å²) < 4.78 is 40.3. The van der Waals surface area contributed by atoms with Crippen molar-refractivity contribution < 1.29 is 18.0 Å². The molecule has 1 aromatic carbocycles. The molecule has 1 N–H and O–H groups in total. The summed E-state index contributed by atoms with van der Waals surface area (Å²) in [6, 6.07) is 8.49. The quantitative estimate of drug-likeness (QED) is 0.341. The molecule has 8 heteroatoms. The largest absolute Gasteiger partial charge is 0.351 e. The Kier molecular flexibility index (Phi) is 6.72. The second-order valence-electron chi connectivity index (χ2n) is 8.08. The summed E-state index contributed by atoms with van der Waals surface area (Å²) in [5.74, 6) is -3.07. The zero-order valence-corrected chi connectivity index (χ0v) is 19.7. The van der Waals surface area contributed by atoms with E-state index in [-0.39, 0.29) is 43.8 Å². The Hall–Kier alpha value is -1.35. The Labute approximate surface area is 192 Å². The second-order valence-corrected chi connectivity index (χ2v) is 10.5. The van der Waals surface area contributed by atoms with Gasteiger partial charge in [0, 0.05) is 31.0 Å². The molecular weight excluding hydrogens is 528 g/mol. The fourth-order valence-corrected chi connectivity index (χ4v) is 4.33. The minimum Gasteiger partial charge on any atom is -0.351 e. The molecule has 3 nitrogen and oxygen atoms in total. The summed E-state index contributed by atoms with van der Waals surface area (Å²) in [7, 11) is 0. The van der Waals surface area contributed by atoms with Crippen LogP contribution in [0.4, 0.5) is 13.2 Å². The van der Waals surface area contributed by atoms with Gasteiger partial charge < -0.3 is 5.32 Å². The van der Waals surface area contributed by atoms with E-state index < -0.39 is 15.0 Å². The molecule has 162 valence electrons. The van der Waals surface area contributed by atoms with Gasteiger partial charge in [-0.15, -0.1) is 0 Å². The maximum atomic E-state index is 14.2. The first-order valence-corrected chi connectivity index (χ1v) is 11.2. The van der Waals surface area contributed by atoms with Gasteiger partial charge in [0.25, 0.3) is 5.91 Å². The van der Waals surface area contributed by atoms with Crippen LogP contribution < -0.4 is 5.32 Å². The van der Waals surface area contributed by atoms with Gasteiger partial charge in [0.1, 0.15) is 0 Å². The topological polar surface area (TPSA) is 42.0 Å². The van der Waals surface area contributed by atoms with E-state index in [1.165, 1.54) is 6.92 Å². The minimum absolute atomic E-state index is 0.171. The van der Waals surface area contributed by atoms with Crippen LogP contribution in [0, 0.1) is 6.92 Å². The number of carbonyl (C=O) groups is 1. The summed E-state index contributed by atoms with van der Waals surface area (Å²) >= 11 is 7.91. The molecule has 1 aliphatic rings. The van der Waals surface area contributed by atoms with E-state index in [1.54, 1.807) is 53.1 Å². The lowest BCUT2D eigenvalue weighted by Crippen LogP contribution is -2.45. The van der Waals surface area contributed by atoms with Crippen molar-refractivity contribution >= 4 is 40.1 Å². The zero-order chi connectivity index (χ0) is 22.2. The van der Waals surface area contributed by atoms with Crippen molar-refractivity contribution in [3.05, 3.63) is 63.9 Å². The summed E-state index contributed by atoms with van der Waals surface area (Å²) in [6.07, 6.45) is 1.38. The van der Waals surface area contributed by atoms with Crippen LogP contribution in [-0.2, 0) is 9.09 Å². The highest BCUT2D eigenvalue weighted by molar-refractivity contribution is 14.1. The Morgan fingerprint density at radius 2 is 1.90 bits per heavy atom. The van der Waals surface area contributed by atoms with Crippen LogP contribution in [0.15, 0.2) is 36.5 Å². The molecule has 1 fully saturated rings. The van der Waals surface area contributed by atoms with E-state index in [0.29, 0.717) is 10.6 Å². The lowest BCUT2D eigenvalue weighted by atomic mass is 9.68. The maximum Gasteiger partial charge on any atom is 0.252 e. The first-order valence-electron chi connectivity index (χ1n) is 9.70. The van der Waals surface area contributed by atoms with E-state index >= 15 is 0 Å². The molecule has 0 spiro atoms. The highest BCUT2D eigenvalue weighted by atomic mass is 127. The molecule has 1 aliphatic carbocycles. The van der Waals surface area contributed by atoms with Gasteiger partial charge >= 0.3 is 0 Å². The van der Waals surface area contributed by atoms with Crippen molar-refractivity contribution in [2.75, 3.05) is 6.54 Å². The van der Waals surface area contributed by atoms with Crippen molar-refractivity contribution in [1.82, 2.24) is 10.3 Å². The SMILES string of the molecule is Cc1cccc(C(=O)NCC2(c3ccc(C(C)(F)I)nc3)CCC(F)(F)CC2)c1Cl. The molecule has 1 aromatic heterocycles. The highest BCUT2D eigenvalue weighted by Crippen LogP contribution is 2.45. The number of aryl methyl sites for hydroxylation is 1. The van der Waals surface area contributed by atoms with Gasteiger partial charge in [0.05, 0.1) is 16.3 Å². The average molecular weight is 551 g/mol. The van der Waals surface area contributed by atoms with E-state index in [9.17, 15) is 18.0 Å². The molecule has 1 atom stereocenters. The zero-order valence-electron chi connectivity index (χ0n) is 16.7. The van der Waals surface area contributed by atoms with Crippen LogP contribution in [0.3, 0.4) is 0 Å². The van der Waals surface area contributed by atoms with Gasteiger partial charge in [0.2, 0.25) is 5.92 Å². The smallest absolute Gasteiger partial charge is 0.252 e. The van der Waals surface area contributed by atoms with Crippen LogP contribution >= 0.6 is 34.2 Å². The summed E-state index contributed by atoms with van der Waals surface area (Å²) in [4.78, 5) is 17.0. The van der Waals surface area contributed by atoms with Gasteiger partial charge in [-0.05, 0) is 72.5 Å². The van der Waals surface area contributed by atoms with Crippen molar-refractivity contribution in [3.8, 4) is 0 Å². The third kappa shape index (κ3) is 5.10. The van der Waals surface area contributed by atoms with Gasteiger partial charge in [-0.25, -0.2) is 13.2 Å². The summed E-state index contributed by atoms with van der Waals surface area (Å²) in [5.41, 5.74) is 1.41. The fraction of sp³-hybridized carbons (Fsp3) is 0.455. The standard InChI is InChI=1S/C22H23ClF3IN2O/c1-14-4-3-5-16(18(14)23)19(30)29-13-21(8-10-22(25,26)11-9-21)15-6-7-17(28-12-15)20(2,24)27/h3-7,12H,8-11,13H2,1-2H3,(H,29,30). The van der Waals surface area contributed by atoms with E-state index in [4.69, 9.17) is 11.6 Å². The highest BCUT2D eigenvalue weighted by Gasteiger charge is 2.44. The number of pyridine rings is 1. The van der Waals surface area contributed by atoms with Gasteiger partial charge in [-0.2, -0.15) is 0 Å². The first kappa shape index (κ1) is 23.3. The number of nitrogens with zero attached hydrogens (tertiary/aromatic N) is 1. The number of benzene rings is 1. The third-order valence-electron chi connectivity index (χ3n) is 5.79. The van der Waals surface area contributed by atoms with E-state index in [2.05, 4.69) is 10.3 Å². The number of hydrogen-bond acceptors (Lipinski definition) is 2. The predicted molar refractivity (Wildman–Crippen MR) is 120 cm³/mol. The Morgan fingerprint density at radius 3 is 2.47 bits per heavy atom. The predicted octanol–water partition coefficient (Wildman–Crippen LogP) is 6.50. The van der Waals surface area contributed by atoms with Crippen LogP contribution in [0.5, 0.6) is 0 Å². The average Bonchev–Trinajstić information content (AvgIpc) is 2.69. The van der Waals surface area contributed by atoms with E-state index in [0.717, 1.165) is 11.1 Å². The third-order valence-corrected chi connectivity index (χ3v) is 6.84. The van der Waals surface area contributed by atoms with E-state index in [1.807, 2.05) is 13.0 Å². The number of halogens is 5. The molecule has 1 unspecified atom stereocenters. The molecule has 0 saturated heterocycles. The monoisotopic (exact) mass is 550 g/mol. The molecule has 1 amide bonds. The van der Waals surface area contributed by atoms with Crippen molar-refractivity contribution in [2.24, 2.45) is 0 Å². The molecule has 1 saturated carbocycles. The van der Waals surface area contributed by atoms with Crippen molar-refractivity contribution in [2.45, 2.75) is 54.5 Å². The molecule has 0 bridgehead atoms. The maximum absolute atomic E-state index is 14.2. The number of rotatable bonds is 5. The molecule has 3 rings (SSSR count).